The Kier molecular flexibility index (Phi) is 6.56. The van der Waals surface area contributed by atoms with Crippen LogP contribution in [0.15, 0.2) is 47.4 Å². The molecular weight excluding hydrogens is 411 g/mol. The molecule has 0 spiro atoms. The van der Waals surface area contributed by atoms with E-state index in [2.05, 4.69) is 14.8 Å². The molecule has 0 saturated carbocycles. The van der Waals surface area contributed by atoms with Gasteiger partial charge in [0.15, 0.2) is 0 Å². The number of halogens is 5. The van der Waals surface area contributed by atoms with Gasteiger partial charge in [-0.15, -0.1) is 13.2 Å². The molecule has 0 heterocycles. The summed E-state index contributed by atoms with van der Waals surface area (Å²) in [6.45, 7) is -0.363. The van der Waals surface area contributed by atoms with E-state index in [1.807, 2.05) is 0 Å². The van der Waals surface area contributed by atoms with Crippen LogP contribution in [-0.4, -0.2) is 27.2 Å². The predicted octanol–water partition coefficient (Wildman–Crippen LogP) is 3.17. The summed E-state index contributed by atoms with van der Waals surface area (Å²) < 4.78 is 92.3. The lowest BCUT2D eigenvalue weighted by Gasteiger charge is -2.10. The van der Waals surface area contributed by atoms with E-state index in [1.165, 1.54) is 0 Å². The van der Waals surface area contributed by atoms with E-state index < -0.39 is 39.7 Å². The van der Waals surface area contributed by atoms with Crippen molar-refractivity contribution < 1.29 is 39.9 Å². The standard InChI is InChI=1S/C16H13F5N2O4S/c17-10-1-6-14(13(18)9-10)23-15(24)7-8-22-28(25,26)12-4-2-11(3-5-12)27-16(19,20)21/h1-6,9,22H,7-8H2,(H,23,24). The van der Waals surface area contributed by atoms with Crippen LogP contribution in [0.1, 0.15) is 6.42 Å². The third-order valence-electron chi connectivity index (χ3n) is 3.22. The first-order valence-corrected chi connectivity index (χ1v) is 9.05. The zero-order valence-electron chi connectivity index (χ0n) is 13.9. The van der Waals surface area contributed by atoms with E-state index in [-0.39, 0.29) is 23.5 Å². The van der Waals surface area contributed by atoms with Crippen molar-refractivity contribution in [2.24, 2.45) is 0 Å². The molecular formula is C16H13F5N2O4S. The predicted molar refractivity (Wildman–Crippen MR) is 87.9 cm³/mol. The minimum atomic E-state index is -4.91. The van der Waals surface area contributed by atoms with Crippen molar-refractivity contribution in [3.8, 4) is 5.75 Å². The molecule has 12 heteroatoms. The zero-order valence-corrected chi connectivity index (χ0v) is 14.7. The van der Waals surface area contributed by atoms with Gasteiger partial charge in [0.2, 0.25) is 15.9 Å². The monoisotopic (exact) mass is 424 g/mol. The van der Waals surface area contributed by atoms with Gasteiger partial charge in [-0.3, -0.25) is 4.79 Å². The first kappa shape index (κ1) is 21.6. The van der Waals surface area contributed by atoms with Crippen molar-refractivity contribution in [3.05, 3.63) is 54.1 Å². The summed E-state index contributed by atoms with van der Waals surface area (Å²) in [5.74, 6) is -3.14. The molecule has 28 heavy (non-hydrogen) atoms. The molecule has 1 amide bonds. The minimum absolute atomic E-state index is 0.269. The van der Waals surface area contributed by atoms with E-state index in [9.17, 15) is 35.2 Å². The maximum Gasteiger partial charge on any atom is 0.573 e. The highest BCUT2D eigenvalue weighted by molar-refractivity contribution is 7.89. The Balaban J connectivity index is 1.89. The topological polar surface area (TPSA) is 84.5 Å². The number of anilines is 1. The van der Waals surface area contributed by atoms with Gasteiger partial charge in [0, 0.05) is 19.0 Å². The first-order chi connectivity index (χ1) is 13.0. The Hall–Kier alpha value is -2.73. The van der Waals surface area contributed by atoms with Crippen LogP contribution >= 0.6 is 0 Å². The van der Waals surface area contributed by atoms with Crippen molar-refractivity contribution in [3.63, 3.8) is 0 Å². The fourth-order valence-electron chi connectivity index (χ4n) is 2.01. The van der Waals surface area contributed by atoms with Crippen LogP contribution < -0.4 is 14.8 Å². The number of carbonyl (C=O) groups is 1. The van der Waals surface area contributed by atoms with Crippen LogP contribution in [-0.2, 0) is 14.8 Å². The molecule has 6 nitrogen and oxygen atoms in total. The van der Waals surface area contributed by atoms with Crippen LogP contribution in [0.3, 0.4) is 0 Å². The molecule has 0 fully saturated rings. The number of hydrogen-bond acceptors (Lipinski definition) is 4. The summed E-state index contributed by atoms with van der Waals surface area (Å²) in [6.07, 6.45) is -5.28. The van der Waals surface area contributed by atoms with Crippen LogP contribution in [0.2, 0.25) is 0 Å². The van der Waals surface area contributed by atoms with Crippen LogP contribution in [0.5, 0.6) is 5.75 Å². The number of rotatable bonds is 7. The van der Waals surface area contributed by atoms with Crippen LogP contribution in [0.4, 0.5) is 27.6 Å². The second-order valence-corrected chi connectivity index (χ2v) is 7.11. The van der Waals surface area contributed by atoms with Gasteiger partial charge in [-0.2, -0.15) is 0 Å². The summed E-state index contributed by atoms with van der Waals surface area (Å²) in [4.78, 5) is 11.4. The van der Waals surface area contributed by atoms with Gasteiger partial charge < -0.3 is 10.1 Å². The molecule has 0 unspecified atom stereocenters. The molecule has 0 aliphatic rings. The van der Waals surface area contributed by atoms with Crippen molar-refractivity contribution in [1.29, 1.82) is 0 Å². The molecule has 0 radical (unpaired) electrons. The van der Waals surface area contributed by atoms with E-state index in [0.717, 1.165) is 36.4 Å². The Bertz CT molecular complexity index is 946. The van der Waals surface area contributed by atoms with Crippen LogP contribution in [0, 0.1) is 11.6 Å². The summed E-state index contributed by atoms with van der Waals surface area (Å²) in [5.41, 5.74) is -0.269. The second kappa shape index (κ2) is 8.52. The molecule has 2 N–H and O–H groups in total. The Morgan fingerprint density at radius 1 is 1.04 bits per heavy atom. The average Bonchev–Trinajstić information content (AvgIpc) is 2.56. The average molecular weight is 424 g/mol. The van der Waals surface area contributed by atoms with Gasteiger partial charge >= 0.3 is 6.36 Å². The number of benzene rings is 2. The van der Waals surface area contributed by atoms with Gasteiger partial charge in [-0.25, -0.2) is 21.9 Å². The zero-order chi connectivity index (χ0) is 20.9. The van der Waals surface area contributed by atoms with E-state index in [0.29, 0.717) is 6.07 Å². The maximum absolute atomic E-state index is 13.4. The normalized spacial score (nSPS) is 11.9. The van der Waals surface area contributed by atoms with Crippen molar-refractivity contribution in [2.75, 3.05) is 11.9 Å². The van der Waals surface area contributed by atoms with Gasteiger partial charge in [0.25, 0.3) is 0 Å². The van der Waals surface area contributed by atoms with Gasteiger partial charge in [-0.1, -0.05) is 0 Å². The lowest BCUT2D eigenvalue weighted by molar-refractivity contribution is -0.274. The Morgan fingerprint density at radius 3 is 2.25 bits per heavy atom. The Labute approximate surface area is 156 Å². The van der Waals surface area contributed by atoms with Gasteiger partial charge in [0.05, 0.1) is 10.6 Å². The van der Waals surface area contributed by atoms with E-state index >= 15 is 0 Å². The number of hydrogen-bond donors (Lipinski definition) is 2. The molecule has 0 saturated heterocycles. The van der Waals surface area contributed by atoms with Crippen molar-refractivity contribution in [2.45, 2.75) is 17.7 Å². The van der Waals surface area contributed by atoms with Crippen LogP contribution in [0.25, 0.3) is 0 Å². The Morgan fingerprint density at radius 2 is 1.68 bits per heavy atom. The first-order valence-electron chi connectivity index (χ1n) is 7.57. The molecule has 2 aromatic carbocycles. The van der Waals surface area contributed by atoms with Gasteiger partial charge in [0.1, 0.15) is 17.4 Å². The number of nitrogens with one attached hydrogen (secondary N) is 2. The van der Waals surface area contributed by atoms with E-state index in [1.54, 1.807) is 0 Å². The number of amides is 1. The summed E-state index contributed by atoms with van der Waals surface area (Å²) in [5, 5.41) is 2.15. The molecule has 0 aliphatic carbocycles. The number of carbonyl (C=O) groups excluding carboxylic acids is 1. The fourth-order valence-corrected chi connectivity index (χ4v) is 3.04. The molecule has 152 valence electrons. The number of alkyl halides is 3. The van der Waals surface area contributed by atoms with Gasteiger partial charge in [-0.05, 0) is 36.4 Å². The largest absolute Gasteiger partial charge is 0.573 e. The highest BCUT2D eigenvalue weighted by atomic mass is 32.2. The van der Waals surface area contributed by atoms with Crippen molar-refractivity contribution >= 4 is 21.6 Å². The summed E-state index contributed by atoms with van der Waals surface area (Å²) in [6, 6.07) is 5.97. The highest BCUT2D eigenvalue weighted by Crippen LogP contribution is 2.23. The summed E-state index contributed by atoms with van der Waals surface area (Å²) in [7, 11) is -4.09. The third-order valence-corrected chi connectivity index (χ3v) is 4.69. The molecule has 0 aromatic heterocycles. The lowest BCUT2D eigenvalue weighted by Crippen LogP contribution is -2.28. The third kappa shape index (κ3) is 6.46. The molecule has 0 atom stereocenters. The molecule has 2 aromatic rings. The molecule has 2 rings (SSSR count). The number of ether oxygens (including phenoxy) is 1. The quantitative estimate of drug-likeness (QED) is 0.669. The fraction of sp³-hybridized carbons (Fsp3) is 0.188. The maximum atomic E-state index is 13.4. The van der Waals surface area contributed by atoms with Crippen molar-refractivity contribution in [1.82, 2.24) is 4.72 Å². The number of sulfonamides is 1. The summed E-state index contributed by atoms with van der Waals surface area (Å²) >= 11 is 0. The smallest absolute Gasteiger partial charge is 0.406 e. The second-order valence-electron chi connectivity index (χ2n) is 5.34. The minimum Gasteiger partial charge on any atom is -0.406 e. The molecule has 0 aliphatic heterocycles. The lowest BCUT2D eigenvalue weighted by atomic mass is 10.3. The molecule has 0 bridgehead atoms. The SMILES string of the molecule is O=C(CCNS(=O)(=O)c1ccc(OC(F)(F)F)cc1)Nc1ccc(F)cc1F. The highest BCUT2D eigenvalue weighted by Gasteiger charge is 2.31. The van der Waals surface area contributed by atoms with E-state index in [4.69, 9.17) is 0 Å².